The number of hydrogen-bond acceptors (Lipinski definition) is 4. The molecule has 4 nitrogen and oxygen atoms in total. The number of rotatable bonds is 6. The van der Waals surface area contributed by atoms with Gasteiger partial charge in [0.15, 0.2) is 0 Å². The number of benzene rings is 2. The zero-order valence-electron chi connectivity index (χ0n) is 13.2. The van der Waals surface area contributed by atoms with E-state index >= 15 is 0 Å². The molecule has 0 spiro atoms. The van der Waals surface area contributed by atoms with Crippen LogP contribution in [0.4, 0.5) is 0 Å². The molecule has 2 rings (SSSR count). The van der Waals surface area contributed by atoms with E-state index in [-0.39, 0.29) is 8.41 Å². The molecule has 0 heterocycles. The van der Waals surface area contributed by atoms with Crippen LogP contribution in [0.2, 0.25) is 0 Å². The van der Waals surface area contributed by atoms with Crippen LogP contribution < -0.4 is 29.6 Å². The Morgan fingerprint density at radius 1 is 0.591 bits per heavy atom. The summed E-state index contributed by atoms with van der Waals surface area (Å²) >= 11 is 0. The fraction of sp³-hybridized carbons (Fsp3) is 0.250. The molecule has 0 aliphatic carbocycles. The third-order valence-electron chi connectivity index (χ3n) is 3.11. The van der Waals surface area contributed by atoms with Crippen LogP contribution in [0.1, 0.15) is 0 Å². The first-order valence-corrected chi connectivity index (χ1v) is 7.44. The van der Waals surface area contributed by atoms with E-state index in [9.17, 15) is 0 Å². The van der Waals surface area contributed by atoms with Crippen LogP contribution >= 0.6 is 8.58 Å². The van der Waals surface area contributed by atoms with Crippen LogP contribution in [0.3, 0.4) is 0 Å². The molecule has 2 aromatic rings. The minimum absolute atomic E-state index is 0. The Hall–Kier alpha value is -1.87. The van der Waals surface area contributed by atoms with Gasteiger partial charge in [-0.25, -0.2) is 0 Å². The quantitative estimate of drug-likeness (QED) is 0.603. The third kappa shape index (κ3) is 3.66. The molecule has 0 unspecified atom stereocenters. The normalized spacial score (nSPS) is 9.64. The van der Waals surface area contributed by atoms with Crippen molar-refractivity contribution in [2.24, 2.45) is 0 Å². The van der Waals surface area contributed by atoms with Crippen molar-refractivity contribution in [1.82, 2.24) is 0 Å². The lowest BCUT2D eigenvalue weighted by Gasteiger charge is -2.16. The van der Waals surface area contributed by atoms with Crippen LogP contribution in [0, 0.1) is 0 Å². The summed E-state index contributed by atoms with van der Waals surface area (Å²) in [7, 11) is 6.92. The zero-order chi connectivity index (χ0) is 15.2. The molecule has 0 fully saturated rings. The third-order valence-corrected chi connectivity index (χ3v) is 4.59. The highest BCUT2D eigenvalue weighted by Gasteiger charge is 2.16. The molecule has 0 amide bonds. The molecule has 0 aromatic heterocycles. The van der Waals surface area contributed by atoms with Crippen molar-refractivity contribution in [3.63, 3.8) is 0 Å². The largest absolute Gasteiger partial charge is 0.496 e. The molecule has 22 heavy (non-hydrogen) atoms. The van der Waals surface area contributed by atoms with Crippen molar-refractivity contribution >= 4 is 27.6 Å². The van der Waals surface area contributed by atoms with Crippen LogP contribution in [0.15, 0.2) is 36.4 Å². The maximum atomic E-state index is 5.45. The fourth-order valence-corrected chi connectivity index (χ4v) is 3.56. The average Bonchev–Trinajstić information content (AvgIpc) is 2.55. The van der Waals surface area contributed by atoms with Gasteiger partial charge in [-0.3, -0.25) is 0 Å². The lowest BCUT2D eigenvalue weighted by Crippen LogP contribution is -2.13. The average molecular weight is 317 g/mol. The lowest BCUT2D eigenvalue weighted by molar-refractivity contribution is 0.399. The Bertz CT molecular complexity index is 521. The molecule has 6 heteroatoms. The van der Waals surface area contributed by atoms with E-state index in [0.717, 1.165) is 33.6 Å². The van der Waals surface area contributed by atoms with Crippen molar-refractivity contribution in [3.8, 4) is 23.0 Å². The van der Waals surface area contributed by atoms with E-state index in [1.54, 1.807) is 28.4 Å². The van der Waals surface area contributed by atoms with Crippen molar-refractivity contribution in [3.05, 3.63) is 36.4 Å². The first-order valence-electron chi connectivity index (χ1n) is 6.44. The molecule has 0 aliphatic rings. The summed E-state index contributed by atoms with van der Waals surface area (Å²) in [6, 6.07) is 11.5. The Morgan fingerprint density at radius 2 is 0.864 bits per heavy atom. The molecule has 0 aliphatic heterocycles. The number of hydrogen-bond donors (Lipinski definition) is 0. The maximum Gasteiger partial charge on any atom is 0.130 e. The van der Waals surface area contributed by atoms with Gasteiger partial charge in [-0.1, -0.05) is 12.1 Å². The van der Waals surface area contributed by atoms with E-state index in [0.29, 0.717) is 8.58 Å². The topological polar surface area (TPSA) is 36.9 Å². The van der Waals surface area contributed by atoms with Gasteiger partial charge in [-0.15, -0.1) is 0 Å². The van der Waals surface area contributed by atoms with Gasteiger partial charge in [0.2, 0.25) is 0 Å². The first kappa shape index (κ1) is 18.2. The standard InChI is InChI=1S/C16H19O4P.B/c1-17-11-7-5-8-12(18-2)15(11)21-16-13(19-3)9-6-10-14(16)20-4;/h5-10,21H,1-4H3;. The molecular formula is C16H19BO4P. The minimum atomic E-state index is 0. The number of ether oxygens (including phenoxy) is 4. The highest BCUT2D eigenvalue weighted by Crippen LogP contribution is 2.32. The Balaban J connectivity index is 0.00000242. The highest BCUT2D eigenvalue weighted by atomic mass is 31.1. The van der Waals surface area contributed by atoms with Gasteiger partial charge in [0, 0.05) is 8.41 Å². The lowest BCUT2D eigenvalue weighted by atomic mass is 10.3. The molecule has 115 valence electrons. The van der Waals surface area contributed by atoms with Gasteiger partial charge < -0.3 is 18.9 Å². The second-order valence-electron chi connectivity index (χ2n) is 4.20. The van der Waals surface area contributed by atoms with Gasteiger partial charge in [0.25, 0.3) is 0 Å². The second-order valence-corrected chi connectivity index (χ2v) is 5.45. The van der Waals surface area contributed by atoms with E-state index in [4.69, 9.17) is 18.9 Å². The molecule has 3 radical (unpaired) electrons. The fourth-order valence-electron chi connectivity index (χ4n) is 2.07. The zero-order valence-corrected chi connectivity index (χ0v) is 14.2. The van der Waals surface area contributed by atoms with Crippen LogP contribution in [0.5, 0.6) is 23.0 Å². The SMILES string of the molecule is COc1cccc(OC)c1Pc1c(OC)cccc1OC.[B]. The monoisotopic (exact) mass is 317 g/mol. The van der Waals surface area contributed by atoms with Crippen LogP contribution in [-0.2, 0) is 0 Å². The summed E-state index contributed by atoms with van der Waals surface area (Å²) < 4.78 is 21.8. The maximum absolute atomic E-state index is 5.45. The summed E-state index contributed by atoms with van der Waals surface area (Å²) in [5.41, 5.74) is 0. The second kappa shape index (κ2) is 8.55. The van der Waals surface area contributed by atoms with E-state index in [1.807, 2.05) is 36.4 Å². The van der Waals surface area contributed by atoms with Gasteiger partial charge in [-0.05, 0) is 32.8 Å². The smallest absolute Gasteiger partial charge is 0.130 e. The van der Waals surface area contributed by atoms with Crippen LogP contribution in [-0.4, -0.2) is 36.9 Å². The molecule has 0 bridgehead atoms. The summed E-state index contributed by atoms with van der Waals surface area (Å²) in [5, 5.41) is 1.98. The van der Waals surface area contributed by atoms with Crippen molar-refractivity contribution in [2.45, 2.75) is 0 Å². The number of methoxy groups -OCH3 is 4. The summed E-state index contributed by atoms with van der Waals surface area (Å²) in [4.78, 5) is 0. The van der Waals surface area contributed by atoms with E-state index < -0.39 is 0 Å². The van der Waals surface area contributed by atoms with E-state index in [2.05, 4.69) is 0 Å². The van der Waals surface area contributed by atoms with Gasteiger partial charge in [0.05, 0.1) is 39.0 Å². The predicted octanol–water partition coefficient (Wildman–Crippen LogP) is 1.97. The summed E-state index contributed by atoms with van der Waals surface area (Å²) in [5.74, 6) is 3.17. The predicted molar refractivity (Wildman–Crippen MR) is 92.4 cm³/mol. The Morgan fingerprint density at radius 3 is 1.09 bits per heavy atom. The van der Waals surface area contributed by atoms with E-state index in [1.165, 1.54) is 0 Å². The molecule has 0 N–H and O–H groups in total. The van der Waals surface area contributed by atoms with Crippen molar-refractivity contribution in [2.75, 3.05) is 28.4 Å². The summed E-state index contributed by atoms with van der Waals surface area (Å²) in [6.07, 6.45) is 0. The van der Waals surface area contributed by atoms with Gasteiger partial charge in [0.1, 0.15) is 23.0 Å². The molecule has 0 saturated heterocycles. The minimum Gasteiger partial charge on any atom is -0.496 e. The highest BCUT2D eigenvalue weighted by molar-refractivity contribution is 7.56. The Kier molecular flexibility index (Phi) is 7.06. The summed E-state index contributed by atoms with van der Waals surface area (Å²) in [6.45, 7) is 0. The first-order chi connectivity index (χ1) is 10.2. The van der Waals surface area contributed by atoms with Crippen LogP contribution in [0.25, 0.3) is 0 Å². The van der Waals surface area contributed by atoms with Crippen molar-refractivity contribution in [1.29, 1.82) is 0 Å². The molecular weight excluding hydrogens is 298 g/mol. The molecule has 0 saturated carbocycles. The Labute approximate surface area is 135 Å². The molecule has 0 atom stereocenters. The van der Waals surface area contributed by atoms with Gasteiger partial charge >= 0.3 is 0 Å². The van der Waals surface area contributed by atoms with Gasteiger partial charge in [-0.2, -0.15) is 0 Å². The molecule has 2 aromatic carbocycles. The van der Waals surface area contributed by atoms with Crippen molar-refractivity contribution < 1.29 is 18.9 Å².